The van der Waals surface area contributed by atoms with E-state index in [4.69, 9.17) is 11.6 Å². The number of benzene rings is 2. The lowest BCUT2D eigenvalue weighted by atomic mass is 9.48. The average Bonchev–Trinajstić information content (AvgIpc) is 2.89. The molecule has 1 N–H and O–H groups in total. The summed E-state index contributed by atoms with van der Waals surface area (Å²) in [7, 11) is 0. The summed E-state index contributed by atoms with van der Waals surface area (Å²) in [6.07, 6.45) is 7.66. The Bertz CT molecular complexity index is 1280. The monoisotopic (exact) mass is 558 g/mol. The van der Waals surface area contributed by atoms with Gasteiger partial charge in [0.05, 0.1) is 15.5 Å². The van der Waals surface area contributed by atoms with Gasteiger partial charge in [0.1, 0.15) is 5.69 Å². The lowest BCUT2D eigenvalue weighted by Crippen LogP contribution is -2.53. The molecule has 7 nitrogen and oxygen atoms in total. The van der Waals surface area contributed by atoms with Crippen molar-refractivity contribution in [1.82, 2.24) is 4.90 Å². The molecule has 7 rings (SSSR count). The van der Waals surface area contributed by atoms with Crippen molar-refractivity contribution >= 4 is 34.6 Å². The van der Waals surface area contributed by atoms with Gasteiger partial charge in [-0.15, -0.1) is 0 Å². The zero-order valence-electron chi connectivity index (χ0n) is 22.0. The van der Waals surface area contributed by atoms with Crippen LogP contribution < -0.4 is 10.2 Å². The van der Waals surface area contributed by atoms with Crippen LogP contribution >= 0.6 is 11.6 Å². The highest BCUT2D eigenvalue weighted by molar-refractivity contribution is 6.33. The first-order chi connectivity index (χ1) is 18.6. The topological polar surface area (TPSA) is 78.7 Å². The molecule has 39 heavy (non-hydrogen) atoms. The van der Waals surface area contributed by atoms with Crippen LogP contribution in [0, 0.1) is 44.9 Å². The normalized spacial score (nSPS) is 28.5. The SMILES string of the molecule is C[C@H](Nc1cc(N2CCN(C(=O)c3cc(F)c(F)cc3Cl)CC2)ccc1[N+](=O)[O-])C12CC3CC(CC(C3)C1)C2. The first-order valence-electron chi connectivity index (χ1n) is 13.9. The molecule has 1 aliphatic heterocycles. The largest absolute Gasteiger partial charge is 0.376 e. The van der Waals surface area contributed by atoms with Crippen LogP contribution in [0.3, 0.4) is 0 Å². The molecule has 0 unspecified atom stereocenters. The van der Waals surface area contributed by atoms with Crippen molar-refractivity contribution in [3.63, 3.8) is 0 Å². The van der Waals surface area contributed by atoms with Crippen molar-refractivity contribution in [2.45, 2.75) is 51.5 Å². The molecule has 1 saturated heterocycles. The number of halogens is 3. The van der Waals surface area contributed by atoms with Crippen molar-refractivity contribution in [2.75, 3.05) is 36.4 Å². The fourth-order valence-electron chi connectivity index (χ4n) is 8.11. The van der Waals surface area contributed by atoms with Crippen molar-refractivity contribution in [3.8, 4) is 0 Å². The molecule has 4 aliphatic carbocycles. The maximum absolute atomic E-state index is 13.7. The molecule has 1 amide bonds. The third-order valence-corrected chi connectivity index (χ3v) is 10.0. The summed E-state index contributed by atoms with van der Waals surface area (Å²) in [6.45, 7) is 3.90. The summed E-state index contributed by atoms with van der Waals surface area (Å²) in [6, 6.07) is 6.96. The molecule has 4 bridgehead atoms. The highest BCUT2D eigenvalue weighted by Gasteiger charge is 2.53. The Labute approximate surface area is 231 Å². The number of amides is 1. The zero-order chi connectivity index (χ0) is 27.5. The molecule has 208 valence electrons. The number of anilines is 2. The summed E-state index contributed by atoms with van der Waals surface area (Å²) in [5.74, 6) is -0.281. The minimum atomic E-state index is -1.12. The van der Waals surface area contributed by atoms with Gasteiger partial charge >= 0.3 is 0 Å². The minimum absolute atomic E-state index is 0.0653. The van der Waals surface area contributed by atoms with Gasteiger partial charge in [-0.1, -0.05) is 11.6 Å². The Kier molecular flexibility index (Phi) is 6.68. The molecular weight excluding hydrogens is 526 g/mol. The van der Waals surface area contributed by atoms with Gasteiger partial charge in [-0.05, 0) is 92.9 Å². The van der Waals surface area contributed by atoms with Gasteiger partial charge in [0.15, 0.2) is 11.6 Å². The quantitative estimate of drug-likeness (QED) is 0.248. The van der Waals surface area contributed by atoms with Crippen LogP contribution in [0.15, 0.2) is 30.3 Å². The summed E-state index contributed by atoms with van der Waals surface area (Å²) in [5, 5.41) is 15.4. The second-order valence-electron chi connectivity index (χ2n) is 12.1. The number of nitrogens with zero attached hydrogens (tertiary/aromatic N) is 3. The predicted octanol–water partition coefficient (Wildman–Crippen LogP) is 6.51. The van der Waals surface area contributed by atoms with Gasteiger partial charge in [0, 0.05) is 44.0 Å². The van der Waals surface area contributed by atoms with Gasteiger partial charge in [-0.3, -0.25) is 14.9 Å². The number of carbonyl (C=O) groups excluding carboxylic acids is 1. The smallest absolute Gasteiger partial charge is 0.292 e. The molecule has 5 aliphatic rings. The van der Waals surface area contributed by atoms with Gasteiger partial charge in [0.25, 0.3) is 11.6 Å². The lowest BCUT2D eigenvalue weighted by Gasteiger charge is -2.59. The first-order valence-corrected chi connectivity index (χ1v) is 14.2. The van der Waals surface area contributed by atoms with Crippen LogP contribution in [0.5, 0.6) is 0 Å². The summed E-state index contributed by atoms with van der Waals surface area (Å²) in [4.78, 5) is 28.2. The number of nitro benzene ring substituents is 1. The fourth-order valence-corrected chi connectivity index (χ4v) is 8.35. The van der Waals surface area contributed by atoms with E-state index in [2.05, 4.69) is 17.1 Å². The van der Waals surface area contributed by atoms with Crippen LogP contribution in [0.4, 0.5) is 25.8 Å². The Morgan fingerprint density at radius 1 is 1.03 bits per heavy atom. The standard InChI is InChI=1S/C29H33ClF2N4O3/c1-17(29-14-18-8-19(15-29)10-20(9-18)16-29)33-26-11-21(2-3-27(26)36(38)39)34-4-6-35(7-5-34)28(37)22-12-24(31)25(32)13-23(22)30/h2-3,11-13,17-20,33H,4-10,14-16H2,1H3/t17-,18?,19?,20?,29?/m0/s1. The number of nitrogens with one attached hydrogen (secondary N) is 1. The first kappa shape index (κ1) is 26.3. The molecule has 0 radical (unpaired) electrons. The number of rotatable bonds is 6. The number of carbonyl (C=O) groups is 1. The third kappa shape index (κ3) is 4.83. The summed E-state index contributed by atoms with van der Waals surface area (Å²) in [5.41, 5.74) is 1.58. The van der Waals surface area contributed by atoms with E-state index >= 15 is 0 Å². The molecule has 2 aromatic carbocycles. The van der Waals surface area contributed by atoms with E-state index in [1.54, 1.807) is 17.0 Å². The van der Waals surface area contributed by atoms with Crippen LogP contribution in [0.25, 0.3) is 0 Å². The fraction of sp³-hybridized carbons (Fsp3) is 0.552. The van der Waals surface area contributed by atoms with Gasteiger partial charge in [-0.25, -0.2) is 8.78 Å². The van der Waals surface area contributed by atoms with Crippen LogP contribution in [0.2, 0.25) is 5.02 Å². The Hall–Kier alpha value is -2.94. The predicted molar refractivity (Wildman–Crippen MR) is 146 cm³/mol. The number of hydrogen-bond donors (Lipinski definition) is 1. The van der Waals surface area contributed by atoms with Crippen LogP contribution in [0.1, 0.15) is 55.8 Å². The number of piperazine rings is 1. The summed E-state index contributed by atoms with van der Waals surface area (Å²) >= 11 is 6.01. The highest BCUT2D eigenvalue weighted by atomic mass is 35.5. The molecule has 10 heteroatoms. The van der Waals surface area contributed by atoms with E-state index in [9.17, 15) is 23.7 Å². The van der Waals surface area contributed by atoms with Gasteiger partial charge in [0.2, 0.25) is 0 Å². The van der Waals surface area contributed by atoms with Crippen LogP contribution in [-0.2, 0) is 0 Å². The minimum Gasteiger partial charge on any atom is -0.376 e. The molecule has 1 atom stereocenters. The van der Waals surface area contributed by atoms with E-state index in [0.29, 0.717) is 31.9 Å². The number of nitro groups is 1. The Morgan fingerprint density at radius 3 is 2.21 bits per heavy atom. The molecule has 4 saturated carbocycles. The Morgan fingerprint density at radius 2 is 1.62 bits per heavy atom. The second-order valence-corrected chi connectivity index (χ2v) is 12.5. The van der Waals surface area contributed by atoms with Crippen molar-refractivity contribution in [2.24, 2.45) is 23.2 Å². The molecule has 5 fully saturated rings. The van der Waals surface area contributed by atoms with E-state index in [1.807, 2.05) is 6.07 Å². The lowest BCUT2D eigenvalue weighted by molar-refractivity contribution is -0.384. The van der Waals surface area contributed by atoms with E-state index in [1.165, 1.54) is 38.5 Å². The van der Waals surface area contributed by atoms with E-state index in [-0.39, 0.29) is 32.7 Å². The third-order valence-electron chi connectivity index (χ3n) is 9.73. The van der Waals surface area contributed by atoms with Crippen molar-refractivity contribution in [3.05, 3.63) is 62.7 Å². The molecule has 0 spiro atoms. The van der Waals surface area contributed by atoms with Gasteiger partial charge in [-0.2, -0.15) is 0 Å². The number of hydrogen-bond acceptors (Lipinski definition) is 5. The second kappa shape index (κ2) is 9.91. The van der Waals surface area contributed by atoms with E-state index in [0.717, 1.165) is 35.6 Å². The van der Waals surface area contributed by atoms with Crippen LogP contribution in [-0.4, -0.2) is 48.0 Å². The molecule has 2 aromatic rings. The zero-order valence-corrected chi connectivity index (χ0v) is 22.7. The highest BCUT2D eigenvalue weighted by Crippen LogP contribution is 2.61. The van der Waals surface area contributed by atoms with Crippen molar-refractivity contribution < 1.29 is 18.5 Å². The summed E-state index contributed by atoms with van der Waals surface area (Å²) < 4.78 is 27.2. The maximum atomic E-state index is 13.7. The van der Waals surface area contributed by atoms with Gasteiger partial charge < -0.3 is 15.1 Å². The average molecular weight is 559 g/mol. The Balaban J connectivity index is 1.17. The van der Waals surface area contributed by atoms with E-state index < -0.39 is 17.5 Å². The molecule has 0 aromatic heterocycles. The van der Waals surface area contributed by atoms with Crippen molar-refractivity contribution in [1.29, 1.82) is 0 Å². The maximum Gasteiger partial charge on any atom is 0.292 e. The molecular formula is C29H33ClF2N4O3. The molecule has 1 heterocycles.